The van der Waals surface area contributed by atoms with E-state index in [0.29, 0.717) is 0 Å². The van der Waals surface area contributed by atoms with Crippen LogP contribution < -0.4 is 5.73 Å². The van der Waals surface area contributed by atoms with Crippen LogP contribution in [0.1, 0.15) is 20.7 Å². The summed E-state index contributed by atoms with van der Waals surface area (Å²) in [7, 11) is 1.23. The van der Waals surface area contributed by atoms with Gasteiger partial charge in [0, 0.05) is 5.56 Å². The Morgan fingerprint density at radius 2 is 1.80 bits per heavy atom. The largest absolute Gasteiger partial charge is 0.465 e. The van der Waals surface area contributed by atoms with E-state index in [-0.39, 0.29) is 11.1 Å². The number of methoxy groups -OCH3 is 1. The maximum Gasteiger partial charge on any atom is 0.337 e. The fraction of sp³-hybridized carbons (Fsp3) is 0.100. The zero-order valence-corrected chi connectivity index (χ0v) is 8.02. The van der Waals surface area contributed by atoms with Crippen LogP contribution in [0.15, 0.2) is 24.3 Å². The SMILES string of the molecule is COC(=O)c1cccc(C(=O)C(N)=O)c1. The van der Waals surface area contributed by atoms with E-state index in [0.717, 1.165) is 0 Å². The van der Waals surface area contributed by atoms with Gasteiger partial charge >= 0.3 is 5.97 Å². The van der Waals surface area contributed by atoms with Crippen molar-refractivity contribution < 1.29 is 19.1 Å². The molecular weight excluding hydrogens is 198 g/mol. The molecule has 0 radical (unpaired) electrons. The van der Waals surface area contributed by atoms with Gasteiger partial charge in [-0.3, -0.25) is 9.59 Å². The molecule has 0 aromatic heterocycles. The van der Waals surface area contributed by atoms with E-state index in [1.54, 1.807) is 0 Å². The summed E-state index contributed by atoms with van der Waals surface area (Å²) in [6.07, 6.45) is 0. The lowest BCUT2D eigenvalue weighted by molar-refractivity contribution is -0.114. The highest BCUT2D eigenvalue weighted by Gasteiger charge is 2.14. The van der Waals surface area contributed by atoms with E-state index >= 15 is 0 Å². The maximum absolute atomic E-state index is 11.2. The number of ether oxygens (including phenoxy) is 1. The van der Waals surface area contributed by atoms with E-state index in [1.165, 1.54) is 31.4 Å². The molecule has 5 nitrogen and oxygen atoms in total. The van der Waals surface area contributed by atoms with Gasteiger partial charge in [0.2, 0.25) is 5.78 Å². The van der Waals surface area contributed by atoms with Crippen molar-refractivity contribution in [3.63, 3.8) is 0 Å². The van der Waals surface area contributed by atoms with Gasteiger partial charge in [0.05, 0.1) is 12.7 Å². The van der Waals surface area contributed by atoms with Crippen molar-refractivity contribution in [3.8, 4) is 0 Å². The first-order valence-electron chi connectivity index (χ1n) is 4.08. The van der Waals surface area contributed by atoms with Gasteiger partial charge < -0.3 is 10.5 Å². The standard InChI is InChI=1S/C10H9NO4/c1-15-10(14)7-4-2-3-6(5-7)8(12)9(11)13/h2-5H,1H3,(H2,11,13). The Hall–Kier alpha value is -2.17. The first kappa shape index (κ1) is 10.9. The van der Waals surface area contributed by atoms with Crippen molar-refractivity contribution in [2.45, 2.75) is 0 Å². The van der Waals surface area contributed by atoms with Gasteiger partial charge in [-0.05, 0) is 12.1 Å². The Balaban J connectivity index is 3.08. The lowest BCUT2D eigenvalue weighted by Crippen LogP contribution is -2.23. The second-order valence-corrected chi connectivity index (χ2v) is 2.77. The molecular formula is C10H9NO4. The number of hydrogen-bond acceptors (Lipinski definition) is 4. The highest BCUT2D eigenvalue weighted by Crippen LogP contribution is 2.07. The zero-order valence-electron chi connectivity index (χ0n) is 8.02. The third-order valence-corrected chi connectivity index (χ3v) is 1.77. The number of benzene rings is 1. The third kappa shape index (κ3) is 2.40. The Bertz CT molecular complexity index is 425. The van der Waals surface area contributed by atoms with Crippen molar-refractivity contribution in [1.29, 1.82) is 0 Å². The lowest BCUT2D eigenvalue weighted by atomic mass is 10.1. The molecule has 0 bridgehead atoms. The second kappa shape index (κ2) is 4.36. The van der Waals surface area contributed by atoms with Gasteiger partial charge in [0.15, 0.2) is 0 Å². The van der Waals surface area contributed by atoms with E-state index < -0.39 is 17.7 Å². The number of ketones is 1. The number of rotatable bonds is 3. The molecule has 2 N–H and O–H groups in total. The van der Waals surface area contributed by atoms with Crippen molar-refractivity contribution >= 4 is 17.7 Å². The number of nitrogens with two attached hydrogens (primary N) is 1. The molecule has 1 aromatic rings. The molecule has 0 fully saturated rings. The number of carbonyl (C=O) groups is 3. The van der Waals surface area contributed by atoms with E-state index in [2.05, 4.69) is 4.74 Å². The summed E-state index contributed by atoms with van der Waals surface area (Å²) < 4.78 is 4.47. The molecule has 0 saturated heterocycles. The number of carbonyl (C=O) groups excluding carboxylic acids is 3. The Morgan fingerprint density at radius 3 is 2.33 bits per heavy atom. The molecule has 78 valence electrons. The van der Waals surface area contributed by atoms with Gasteiger partial charge in [-0.15, -0.1) is 0 Å². The summed E-state index contributed by atoms with van der Waals surface area (Å²) in [5, 5.41) is 0. The minimum absolute atomic E-state index is 0.0744. The maximum atomic E-state index is 11.2. The summed E-state index contributed by atoms with van der Waals surface area (Å²) in [6, 6.07) is 5.62. The molecule has 0 saturated carbocycles. The fourth-order valence-electron chi connectivity index (χ4n) is 1.05. The van der Waals surface area contributed by atoms with Crippen LogP contribution in [0.2, 0.25) is 0 Å². The molecule has 1 aromatic carbocycles. The normalized spacial score (nSPS) is 9.40. The smallest absolute Gasteiger partial charge is 0.337 e. The average molecular weight is 207 g/mol. The molecule has 1 rings (SSSR count). The number of Topliss-reactive ketones (excluding diaryl/α,β-unsaturated/α-hetero) is 1. The number of primary amides is 1. The highest BCUT2D eigenvalue weighted by molar-refractivity contribution is 6.42. The summed E-state index contributed by atoms with van der Waals surface area (Å²) in [4.78, 5) is 32.9. The Kier molecular flexibility index (Phi) is 3.17. The topological polar surface area (TPSA) is 86.5 Å². The van der Waals surface area contributed by atoms with Crippen LogP contribution in [0, 0.1) is 0 Å². The molecule has 0 aliphatic carbocycles. The van der Waals surface area contributed by atoms with E-state index in [4.69, 9.17) is 5.73 Å². The van der Waals surface area contributed by atoms with Crippen molar-refractivity contribution in [2.24, 2.45) is 5.73 Å². The summed E-state index contributed by atoms with van der Waals surface area (Å²) >= 11 is 0. The first-order chi connectivity index (χ1) is 7.06. The summed E-state index contributed by atoms with van der Waals surface area (Å²) in [6.45, 7) is 0. The quantitative estimate of drug-likeness (QED) is 0.434. The monoisotopic (exact) mass is 207 g/mol. The lowest BCUT2D eigenvalue weighted by Gasteiger charge is -2.00. The van der Waals surface area contributed by atoms with Crippen LogP contribution in [0.5, 0.6) is 0 Å². The van der Waals surface area contributed by atoms with Crippen LogP contribution in [-0.2, 0) is 9.53 Å². The van der Waals surface area contributed by atoms with Crippen LogP contribution >= 0.6 is 0 Å². The van der Waals surface area contributed by atoms with Crippen LogP contribution in [0.4, 0.5) is 0 Å². The molecule has 15 heavy (non-hydrogen) atoms. The Morgan fingerprint density at radius 1 is 1.20 bits per heavy atom. The third-order valence-electron chi connectivity index (χ3n) is 1.77. The highest BCUT2D eigenvalue weighted by atomic mass is 16.5. The van der Waals surface area contributed by atoms with Gasteiger partial charge in [0.25, 0.3) is 5.91 Å². The predicted molar refractivity (Wildman–Crippen MR) is 51.3 cm³/mol. The molecule has 0 atom stereocenters. The minimum atomic E-state index is -1.06. The van der Waals surface area contributed by atoms with Crippen LogP contribution in [0.25, 0.3) is 0 Å². The predicted octanol–water partition coefficient (Wildman–Crippen LogP) is 0.141. The first-order valence-corrected chi connectivity index (χ1v) is 4.08. The molecule has 0 spiro atoms. The van der Waals surface area contributed by atoms with Gasteiger partial charge in [-0.2, -0.15) is 0 Å². The second-order valence-electron chi connectivity index (χ2n) is 2.77. The van der Waals surface area contributed by atoms with Gasteiger partial charge in [0.1, 0.15) is 0 Å². The van der Waals surface area contributed by atoms with Crippen LogP contribution in [-0.4, -0.2) is 24.8 Å². The van der Waals surface area contributed by atoms with E-state index in [9.17, 15) is 14.4 Å². The van der Waals surface area contributed by atoms with Crippen molar-refractivity contribution in [3.05, 3.63) is 35.4 Å². The Labute approximate surface area is 85.8 Å². The number of esters is 1. The van der Waals surface area contributed by atoms with E-state index in [1.807, 2.05) is 0 Å². The molecule has 5 heteroatoms. The van der Waals surface area contributed by atoms with Crippen molar-refractivity contribution in [2.75, 3.05) is 7.11 Å². The summed E-state index contributed by atoms with van der Waals surface area (Å²) in [5.41, 5.74) is 5.10. The van der Waals surface area contributed by atoms with Crippen molar-refractivity contribution in [1.82, 2.24) is 0 Å². The average Bonchev–Trinajstić information content (AvgIpc) is 2.27. The van der Waals surface area contributed by atoms with Gasteiger partial charge in [-0.1, -0.05) is 12.1 Å². The molecule has 0 heterocycles. The summed E-state index contributed by atoms with van der Waals surface area (Å²) in [5.74, 6) is -2.47. The van der Waals surface area contributed by atoms with Crippen LogP contribution in [0.3, 0.4) is 0 Å². The number of hydrogen-bond donors (Lipinski definition) is 1. The fourth-order valence-corrected chi connectivity index (χ4v) is 1.05. The zero-order chi connectivity index (χ0) is 11.4. The van der Waals surface area contributed by atoms with Gasteiger partial charge in [-0.25, -0.2) is 4.79 Å². The molecule has 1 amide bonds. The number of amides is 1. The minimum Gasteiger partial charge on any atom is -0.465 e. The molecule has 0 unspecified atom stereocenters. The molecule has 0 aliphatic heterocycles. The molecule has 0 aliphatic rings.